The number of ether oxygens (including phenoxy) is 2. The van der Waals surface area contributed by atoms with Crippen molar-refractivity contribution < 1.29 is 14.3 Å². The molecular weight excluding hydrogens is 322 g/mol. The number of hydrogen-bond donors (Lipinski definition) is 3. The van der Waals surface area contributed by atoms with Gasteiger partial charge in [-0.15, -0.1) is 0 Å². The van der Waals surface area contributed by atoms with Crippen molar-refractivity contribution in [1.29, 1.82) is 0 Å². The Bertz CT molecular complexity index is 767. The Morgan fingerprint density at radius 2 is 2.08 bits per heavy atom. The van der Waals surface area contributed by atoms with E-state index >= 15 is 0 Å². The van der Waals surface area contributed by atoms with Gasteiger partial charge in [0.15, 0.2) is 5.96 Å². The number of benzene rings is 1. The third-order valence-electron chi connectivity index (χ3n) is 3.67. The van der Waals surface area contributed by atoms with Crippen molar-refractivity contribution in [3.05, 3.63) is 23.9 Å². The summed E-state index contributed by atoms with van der Waals surface area (Å²) in [6, 6.07) is 5.36. The van der Waals surface area contributed by atoms with Gasteiger partial charge in [-0.2, -0.15) is 0 Å². The second kappa shape index (κ2) is 8.39. The van der Waals surface area contributed by atoms with E-state index in [9.17, 15) is 4.79 Å². The van der Waals surface area contributed by atoms with Crippen molar-refractivity contribution in [2.75, 3.05) is 41.4 Å². The first kappa shape index (κ1) is 18.6. The molecule has 136 valence electrons. The second-order valence-electron chi connectivity index (χ2n) is 5.81. The van der Waals surface area contributed by atoms with Crippen LogP contribution in [0.4, 0.5) is 0 Å². The summed E-state index contributed by atoms with van der Waals surface area (Å²) in [5.41, 5.74) is 6.61. The molecule has 4 N–H and O–H groups in total. The molecule has 0 fully saturated rings. The molecule has 0 aliphatic rings. The van der Waals surface area contributed by atoms with Gasteiger partial charge < -0.3 is 25.1 Å². The van der Waals surface area contributed by atoms with Gasteiger partial charge in [0.1, 0.15) is 17.2 Å². The van der Waals surface area contributed by atoms with E-state index in [1.807, 2.05) is 26.2 Å². The number of carbonyl (C=O) groups is 1. The number of aromatic nitrogens is 1. The quantitative estimate of drug-likeness (QED) is 0.396. The largest absolute Gasteiger partial charge is 0.496 e. The minimum atomic E-state index is -0.375. The molecule has 1 amide bonds. The number of nitrogens with zero attached hydrogens (tertiary/aromatic N) is 2. The molecule has 1 aromatic carbocycles. The Morgan fingerprint density at radius 1 is 1.36 bits per heavy atom. The van der Waals surface area contributed by atoms with Gasteiger partial charge in [-0.25, -0.2) is 0 Å². The number of aliphatic imine (C=N–C) groups is 1. The Morgan fingerprint density at radius 3 is 2.72 bits per heavy atom. The lowest BCUT2D eigenvalue weighted by Gasteiger charge is -2.11. The average molecular weight is 347 g/mol. The predicted molar refractivity (Wildman–Crippen MR) is 98.5 cm³/mol. The molecule has 25 heavy (non-hydrogen) atoms. The van der Waals surface area contributed by atoms with Crippen molar-refractivity contribution >= 4 is 22.8 Å². The minimum Gasteiger partial charge on any atom is -0.496 e. The molecule has 2 rings (SSSR count). The van der Waals surface area contributed by atoms with Crippen LogP contribution in [-0.2, 0) is 0 Å². The van der Waals surface area contributed by atoms with Crippen LogP contribution in [0.1, 0.15) is 16.9 Å². The third-order valence-corrected chi connectivity index (χ3v) is 3.67. The monoisotopic (exact) mass is 347 g/mol. The van der Waals surface area contributed by atoms with E-state index in [0.29, 0.717) is 29.3 Å². The first-order chi connectivity index (χ1) is 12.0. The highest BCUT2D eigenvalue weighted by Gasteiger charge is 2.16. The van der Waals surface area contributed by atoms with Crippen LogP contribution in [0, 0.1) is 0 Å². The Balaban J connectivity index is 2.27. The van der Waals surface area contributed by atoms with Crippen LogP contribution in [0.3, 0.4) is 0 Å². The van der Waals surface area contributed by atoms with E-state index in [-0.39, 0.29) is 11.9 Å². The molecule has 0 saturated heterocycles. The van der Waals surface area contributed by atoms with Gasteiger partial charge >= 0.3 is 0 Å². The number of H-pyrrole nitrogens is 1. The zero-order valence-electron chi connectivity index (χ0n) is 15.0. The molecule has 8 heteroatoms. The second-order valence-corrected chi connectivity index (χ2v) is 5.81. The molecule has 1 aromatic heterocycles. The van der Waals surface area contributed by atoms with Crippen molar-refractivity contribution in [3.8, 4) is 11.5 Å². The minimum absolute atomic E-state index is 0.0516. The van der Waals surface area contributed by atoms with Crippen LogP contribution in [-0.4, -0.2) is 63.2 Å². The van der Waals surface area contributed by atoms with Crippen LogP contribution >= 0.6 is 0 Å². The molecule has 0 aliphatic carbocycles. The molecule has 8 nitrogen and oxygen atoms in total. The molecule has 0 aliphatic heterocycles. The van der Waals surface area contributed by atoms with Gasteiger partial charge in [0.05, 0.1) is 19.2 Å². The zero-order valence-corrected chi connectivity index (χ0v) is 15.0. The van der Waals surface area contributed by atoms with Gasteiger partial charge in [-0.05, 0) is 38.7 Å². The number of amides is 1. The smallest absolute Gasteiger partial charge is 0.274 e. The van der Waals surface area contributed by atoms with E-state index in [0.717, 1.165) is 18.4 Å². The molecule has 0 radical (unpaired) electrons. The standard InChI is InChI=1S/C17H25N5O3/c1-19-17(18)21-16(23)12-10-11-13(24-4)6-7-14(15(11)20-12)25-9-5-8-22(2)3/h6-7,10,20H,5,8-9H2,1-4H3,(H3,18,19,21,23). The maximum atomic E-state index is 12.2. The van der Waals surface area contributed by atoms with E-state index in [1.165, 1.54) is 7.05 Å². The maximum absolute atomic E-state index is 12.2. The summed E-state index contributed by atoms with van der Waals surface area (Å²) in [5, 5.41) is 3.27. The highest BCUT2D eigenvalue weighted by atomic mass is 16.5. The summed E-state index contributed by atoms with van der Waals surface area (Å²) in [6.07, 6.45) is 0.901. The van der Waals surface area contributed by atoms with Crippen LogP contribution in [0.25, 0.3) is 10.9 Å². The molecule has 2 aromatic rings. The number of guanidine groups is 1. The number of carbonyl (C=O) groups excluding carboxylic acids is 1. The van der Waals surface area contributed by atoms with Crippen molar-refractivity contribution in [2.45, 2.75) is 6.42 Å². The lowest BCUT2D eigenvalue weighted by atomic mass is 10.2. The number of fused-ring (bicyclic) bond motifs is 1. The van der Waals surface area contributed by atoms with Crippen LogP contribution in [0.15, 0.2) is 23.2 Å². The molecule has 1 heterocycles. The Hall–Kier alpha value is -2.74. The number of nitrogens with one attached hydrogen (secondary N) is 2. The van der Waals surface area contributed by atoms with Crippen molar-refractivity contribution in [1.82, 2.24) is 15.2 Å². The highest BCUT2D eigenvalue weighted by molar-refractivity contribution is 6.07. The van der Waals surface area contributed by atoms with Gasteiger partial charge in [0.25, 0.3) is 5.91 Å². The molecule has 0 unspecified atom stereocenters. The fourth-order valence-electron chi connectivity index (χ4n) is 2.39. The van der Waals surface area contributed by atoms with Gasteiger partial charge in [-0.1, -0.05) is 0 Å². The highest BCUT2D eigenvalue weighted by Crippen LogP contribution is 2.33. The Labute approximate surface area is 147 Å². The van der Waals surface area contributed by atoms with Gasteiger partial charge in [0.2, 0.25) is 0 Å². The van der Waals surface area contributed by atoms with Crippen LogP contribution in [0.5, 0.6) is 11.5 Å². The lowest BCUT2D eigenvalue weighted by molar-refractivity contribution is 0.0972. The first-order valence-electron chi connectivity index (χ1n) is 7.97. The van der Waals surface area contributed by atoms with Gasteiger partial charge in [0, 0.05) is 19.0 Å². The number of rotatable bonds is 7. The topological polar surface area (TPSA) is 105 Å². The summed E-state index contributed by atoms with van der Waals surface area (Å²) in [7, 11) is 7.13. The van der Waals surface area contributed by atoms with E-state index in [2.05, 4.69) is 20.2 Å². The zero-order chi connectivity index (χ0) is 18.4. The lowest BCUT2D eigenvalue weighted by Crippen LogP contribution is -2.36. The average Bonchev–Trinajstić information content (AvgIpc) is 3.04. The first-order valence-corrected chi connectivity index (χ1v) is 7.97. The number of hydrogen-bond acceptors (Lipinski definition) is 5. The Kier molecular flexibility index (Phi) is 6.24. The molecule has 0 spiro atoms. The third kappa shape index (κ3) is 4.63. The van der Waals surface area contributed by atoms with Gasteiger partial charge in [-0.3, -0.25) is 15.1 Å². The summed E-state index contributed by atoms with van der Waals surface area (Å²) in [6.45, 7) is 1.52. The van der Waals surface area contributed by atoms with E-state index in [1.54, 1.807) is 13.2 Å². The maximum Gasteiger partial charge on any atom is 0.274 e. The van der Waals surface area contributed by atoms with E-state index < -0.39 is 0 Å². The SMILES string of the molecule is CN=C(N)NC(=O)c1cc2c(OC)ccc(OCCCN(C)C)c2[nH]1. The molecular formula is C17H25N5O3. The molecule has 0 atom stereocenters. The van der Waals surface area contributed by atoms with Crippen LogP contribution < -0.4 is 20.5 Å². The molecule has 0 bridgehead atoms. The van der Waals surface area contributed by atoms with Crippen molar-refractivity contribution in [3.63, 3.8) is 0 Å². The molecule has 0 saturated carbocycles. The fourth-order valence-corrected chi connectivity index (χ4v) is 2.39. The summed E-state index contributed by atoms with van der Waals surface area (Å²) in [5.74, 6) is 1.00. The van der Waals surface area contributed by atoms with E-state index in [4.69, 9.17) is 15.2 Å². The number of nitrogens with two attached hydrogens (primary N) is 1. The van der Waals surface area contributed by atoms with Crippen molar-refractivity contribution in [2.24, 2.45) is 10.7 Å². The summed E-state index contributed by atoms with van der Waals surface area (Å²) >= 11 is 0. The predicted octanol–water partition coefficient (Wildman–Crippen LogP) is 1.18. The summed E-state index contributed by atoms with van der Waals surface area (Å²) in [4.78, 5) is 21.1. The fraction of sp³-hybridized carbons (Fsp3) is 0.412. The normalized spacial score (nSPS) is 11.8. The summed E-state index contributed by atoms with van der Waals surface area (Å²) < 4.78 is 11.2. The van der Waals surface area contributed by atoms with Crippen LogP contribution in [0.2, 0.25) is 0 Å². The number of aromatic amines is 1. The number of methoxy groups -OCH3 is 1.